The Hall–Kier alpha value is -2.17. The van der Waals surface area contributed by atoms with Gasteiger partial charge in [0.05, 0.1) is 0 Å². The fourth-order valence-electron chi connectivity index (χ4n) is 2.09. The summed E-state index contributed by atoms with van der Waals surface area (Å²) in [4.78, 5) is 15.4. The molecule has 106 valence electrons. The molecule has 0 saturated heterocycles. The van der Waals surface area contributed by atoms with Crippen molar-refractivity contribution in [3.63, 3.8) is 0 Å². The molecular weight excluding hydrogens is 259 g/mol. The van der Waals surface area contributed by atoms with Crippen molar-refractivity contribution in [1.82, 2.24) is 4.98 Å². The maximum atomic E-state index is 13.3. The van der Waals surface area contributed by atoms with Gasteiger partial charge in [-0.1, -0.05) is 25.8 Å². The van der Waals surface area contributed by atoms with E-state index in [2.05, 4.69) is 10.3 Å². The van der Waals surface area contributed by atoms with Crippen molar-refractivity contribution >= 4 is 22.6 Å². The van der Waals surface area contributed by atoms with Gasteiger partial charge in [0.1, 0.15) is 17.7 Å². The third kappa shape index (κ3) is 3.23. The van der Waals surface area contributed by atoms with Gasteiger partial charge < -0.3 is 10.4 Å². The highest BCUT2D eigenvalue weighted by atomic mass is 19.1. The molecule has 2 rings (SSSR count). The Balaban J connectivity index is 2.31. The zero-order valence-electron chi connectivity index (χ0n) is 11.3. The second kappa shape index (κ2) is 6.32. The second-order valence-corrected chi connectivity index (χ2v) is 4.70. The molecule has 0 amide bonds. The van der Waals surface area contributed by atoms with Crippen LogP contribution in [0.5, 0.6) is 0 Å². The molecule has 1 heterocycles. The van der Waals surface area contributed by atoms with E-state index < -0.39 is 12.0 Å². The first-order valence-electron chi connectivity index (χ1n) is 6.65. The van der Waals surface area contributed by atoms with E-state index in [1.165, 1.54) is 12.1 Å². The number of carbonyl (C=O) groups is 1. The largest absolute Gasteiger partial charge is 0.480 e. The predicted octanol–water partition coefficient (Wildman–Crippen LogP) is 3.43. The Morgan fingerprint density at radius 2 is 2.25 bits per heavy atom. The molecule has 0 bridgehead atoms. The first-order valence-corrected chi connectivity index (χ1v) is 6.65. The molecule has 0 aliphatic carbocycles. The van der Waals surface area contributed by atoms with Gasteiger partial charge in [0.25, 0.3) is 0 Å². The van der Waals surface area contributed by atoms with Gasteiger partial charge >= 0.3 is 5.97 Å². The molecule has 0 spiro atoms. The van der Waals surface area contributed by atoms with Crippen LogP contribution in [-0.4, -0.2) is 22.1 Å². The highest BCUT2D eigenvalue weighted by molar-refractivity contribution is 5.93. The third-order valence-corrected chi connectivity index (χ3v) is 3.18. The molecule has 0 radical (unpaired) electrons. The summed E-state index contributed by atoms with van der Waals surface area (Å²) >= 11 is 0. The number of aromatic nitrogens is 1. The lowest BCUT2D eigenvalue weighted by Crippen LogP contribution is -2.29. The number of carboxylic acids is 1. The Kier molecular flexibility index (Phi) is 4.50. The van der Waals surface area contributed by atoms with Gasteiger partial charge in [-0.15, -0.1) is 0 Å². The fraction of sp³-hybridized carbons (Fsp3) is 0.333. The maximum absolute atomic E-state index is 13.3. The Morgan fingerprint density at radius 3 is 2.95 bits per heavy atom. The number of rotatable bonds is 6. The summed E-state index contributed by atoms with van der Waals surface area (Å²) in [6.45, 7) is 2.00. The van der Waals surface area contributed by atoms with Crippen LogP contribution in [0, 0.1) is 5.82 Å². The lowest BCUT2D eigenvalue weighted by atomic mass is 10.1. The Bertz CT molecular complexity index is 616. The summed E-state index contributed by atoms with van der Waals surface area (Å²) in [6.07, 6.45) is 3.83. The van der Waals surface area contributed by atoms with E-state index in [4.69, 9.17) is 0 Å². The molecule has 1 unspecified atom stereocenters. The highest BCUT2D eigenvalue weighted by Gasteiger charge is 2.18. The molecule has 1 atom stereocenters. The van der Waals surface area contributed by atoms with Crippen molar-refractivity contribution in [3.05, 3.63) is 36.3 Å². The van der Waals surface area contributed by atoms with Gasteiger partial charge in [0.15, 0.2) is 0 Å². The van der Waals surface area contributed by atoms with Gasteiger partial charge in [-0.25, -0.2) is 14.2 Å². The van der Waals surface area contributed by atoms with E-state index in [9.17, 15) is 14.3 Å². The van der Waals surface area contributed by atoms with Crippen molar-refractivity contribution in [1.29, 1.82) is 0 Å². The molecule has 5 heteroatoms. The van der Waals surface area contributed by atoms with E-state index in [1.807, 2.05) is 6.92 Å². The summed E-state index contributed by atoms with van der Waals surface area (Å²) < 4.78 is 13.3. The first-order chi connectivity index (χ1) is 9.61. The van der Waals surface area contributed by atoms with Gasteiger partial charge in [-0.3, -0.25) is 0 Å². The summed E-state index contributed by atoms with van der Waals surface area (Å²) in [5.41, 5.74) is 0. The molecule has 0 aliphatic heterocycles. The zero-order valence-corrected chi connectivity index (χ0v) is 11.3. The van der Waals surface area contributed by atoms with Crippen LogP contribution in [0.4, 0.5) is 10.2 Å². The van der Waals surface area contributed by atoms with E-state index in [1.54, 1.807) is 18.3 Å². The number of nitrogens with zero attached hydrogens (tertiary/aromatic N) is 1. The summed E-state index contributed by atoms with van der Waals surface area (Å²) in [6, 6.07) is 5.44. The van der Waals surface area contributed by atoms with E-state index in [0.717, 1.165) is 18.2 Å². The molecule has 2 aromatic rings. The number of carboxylic acid groups (broad SMARTS) is 1. The molecule has 1 aromatic carbocycles. The van der Waals surface area contributed by atoms with Crippen LogP contribution in [0.2, 0.25) is 0 Å². The topological polar surface area (TPSA) is 62.2 Å². The molecule has 20 heavy (non-hydrogen) atoms. The summed E-state index contributed by atoms with van der Waals surface area (Å²) in [7, 11) is 0. The van der Waals surface area contributed by atoms with Crippen LogP contribution in [0.3, 0.4) is 0 Å². The van der Waals surface area contributed by atoms with Gasteiger partial charge in [-0.2, -0.15) is 0 Å². The van der Waals surface area contributed by atoms with Crippen molar-refractivity contribution < 1.29 is 14.3 Å². The minimum Gasteiger partial charge on any atom is -0.480 e. The first kappa shape index (κ1) is 14.2. The quantitative estimate of drug-likeness (QED) is 0.848. The number of hydrogen-bond acceptors (Lipinski definition) is 3. The molecule has 2 N–H and O–H groups in total. The average Bonchev–Trinajstić information content (AvgIpc) is 2.43. The zero-order chi connectivity index (χ0) is 14.5. The van der Waals surface area contributed by atoms with Crippen molar-refractivity contribution in [2.75, 3.05) is 5.32 Å². The number of fused-ring (bicyclic) bond motifs is 1. The normalized spacial score (nSPS) is 12.3. The summed E-state index contributed by atoms with van der Waals surface area (Å²) in [5, 5.41) is 13.5. The molecule has 0 saturated carbocycles. The predicted molar refractivity (Wildman–Crippen MR) is 76.3 cm³/mol. The number of hydrogen-bond donors (Lipinski definition) is 2. The number of aliphatic carboxylic acids is 1. The van der Waals surface area contributed by atoms with Crippen LogP contribution in [0.15, 0.2) is 30.5 Å². The number of unbranched alkanes of at least 4 members (excludes halogenated alkanes) is 1. The van der Waals surface area contributed by atoms with Crippen LogP contribution in [-0.2, 0) is 4.79 Å². The van der Waals surface area contributed by atoms with Gasteiger partial charge in [0.2, 0.25) is 0 Å². The molecule has 1 aromatic heterocycles. The van der Waals surface area contributed by atoms with Crippen LogP contribution in [0.1, 0.15) is 26.2 Å². The standard InChI is InChI=1S/C15H17FN2O2/c1-2-3-4-13(15(19)20)18-14-12-9-11(16)6-5-10(12)7-8-17-14/h5-9,13H,2-4H2,1H3,(H,17,18)(H,19,20). The number of anilines is 1. The van der Waals surface area contributed by atoms with E-state index >= 15 is 0 Å². The van der Waals surface area contributed by atoms with Gasteiger partial charge in [-0.05, 0) is 30.0 Å². The maximum Gasteiger partial charge on any atom is 0.326 e. The van der Waals surface area contributed by atoms with Crippen LogP contribution < -0.4 is 5.32 Å². The lowest BCUT2D eigenvalue weighted by Gasteiger charge is -2.16. The fourth-order valence-corrected chi connectivity index (χ4v) is 2.09. The highest BCUT2D eigenvalue weighted by Crippen LogP contribution is 2.23. The van der Waals surface area contributed by atoms with E-state index in [0.29, 0.717) is 17.6 Å². The summed E-state index contributed by atoms with van der Waals surface area (Å²) in [5.74, 6) is -0.881. The van der Waals surface area contributed by atoms with Crippen molar-refractivity contribution in [3.8, 4) is 0 Å². The molecule has 0 aliphatic rings. The van der Waals surface area contributed by atoms with Gasteiger partial charge in [0, 0.05) is 11.6 Å². The van der Waals surface area contributed by atoms with Crippen LogP contribution >= 0.6 is 0 Å². The number of benzene rings is 1. The Morgan fingerprint density at radius 1 is 1.45 bits per heavy atom. The SMILES string of the molecule is CCCCC(Nc1nccc2ccc(F)cc12)C(=O)O. The minimum atomic E-state index is -0.923. The van der Waals surface area contributed by atoms with Crippen molar-refractivity contribution in [2.24, 2.45) is 0 Å². The smallest absolute Gasteiger partial charge is 0.326 e. The number of halogens is 1. The lowest BCUT2D eigenvalue weighted by molar-refractivity contribution is -0.138. The van der Waals surface area contributed by atoms with Crippen LogP contribution in [0.25, 0.3) is 10.8 Å². The number of nitrogens with one attached hydrogen (secondary N) is 1. The molecule has 0 fully saturated rings. The second-order valence-electron chi connectivity index (χ2n) is 4.70. The monoisotopic (exact) mass is 276 g/mol. The number of pyridine rings is 1. The minimum absolute atomic E-state index is 0.367. The Labute approximate surface area is 116 Å². The van der Waals surface area contributed by atoms with E-state index in [-0.39, 0.29) is 5.82 Å². The van der Waals surface area contributed by atoms with Crippen molar-refractivity contribution in [2.45, 2.75) is 32.2 Å². The molecular formula is C15H17FN2O2. The average molecular weight is 276 g/mol. The third-order valence-electron chi connectivity index (χ3n) is 3.18. The molecule has 4 nitrogen and oxygen atoms in total.